The summed E-state index contributed by atoms with van der Waals surface area (Å²) in [5.74, 6) is 0. The minimum Gasteiger partial charge on any atom is -0.0610 e. The average molecular weight is 202 g/mol. The highest BCUT2D eigenvalue weighted by molar-refractivity contribution is 5.90. The highest BCUT2D eigenvalue weighted by atomic mass is 14.1. The van der Waals surface area contributed by atoms with Gasteiger partial charge in [-0.2, -0.15) is 0 Å². The van der Waals surface area contributed by atoms with Crippen LogP contribution in [0.2, 0.25) is 0 Å². The van der Waals surface area contributed by atoms with Gasteiger partial charge in [0.05, 0.1) is 0 Å². The van der Waals surface area contributed by atoms with Gasteiger partial charge in [-0.3, -0.25) is 0 Å². The lowest BCUT2D eigenvalue weighted by Gasteiger charge is -2.01. The van der Waals surface area contributed by atoms with Crippen molar-refractivity contribution in [1.29, 1.82) is 0 Å². The van der Waals surface area contributed by atoms with Gasteiger partial charge < -0.3 is 0 Å². The quantitative estimate of drug-likeness (QED) is 0.615. The summed E-state index contributed by atoms with van der Waals surface area (Å²) in [5, 5.41) is 5.33. The van der Waals surface area contributed by atoms with Crippen LogP contribution >= 0.6 is 0 Å². The highest BCUT2D eigenvalue weighted by Gasteiger charge is 2.03. The van der Waals surface area contributed by atoms with Crippen LogP contribution in [0, 0.1) is 0 Å². The summed E-state index contributed by atoms with van der Waals surface area (Å²) in [6.45, 7) is 0. The third kappa shape index (κ3) is 0.989. The third-order valence-electron chi connectivity index (χ3n) is 3.35. The van der Waals surface area contributed by atoms with Crippen molar-refractivity contribution < 1.29 is 0 Å². The molecule has 0 fully saturated rings. The topological polar surface area (TPSA) is 0 Å². The van der Waals surface area contributed by atoms with Crippen molar-refractivity contribution in [3.63, 3.8) is 0 Å². The molecule has 2 aromatic carbocycles. The Hall–Kier alpha value is -2.08. The number of hydrogen-bond donors (Lipinski definition) is 0. The van der Waals surface area contributed by atoms with Crippen LogP contribution in [-0.2, 0) is 0 Å². The first kappa shape index (κ1) is 8.12. The molecule has 2 aliphatic carbocycles. The molecular formula is C16H10. The van der Waals surface area contributed by atoms with Crippen molar-refractivity contribution in [2.45, 2.75) is 0 Å². The van der Waals surface area contributed by atoms with Gasteiger partial charge in [0, 0.05) is 0 Å². The summed E-state index contributed by atoms with van der Waals surface area (Å²) in [7, 11) is 0. The summed E-state index contributed by atoms with van der Waals surface area (Å²) in [4.78, 5) is 0. The minimum atomic E-state index is 1.33. The Kier molecular flexibility index (Phi) is 1.39. The van der Waals surface area contributed by atoms with E-state index in [9.17, 15) is 0 Å². The molecule has 2 aromatic rings. The lowest BCUT2D eigenvalue weighted by molar-refractivity contribution is 1.60. The second kappa shape index (κ2) is 2.73. The molecule has 0 saturated carbocycles. The zero-order valence-corrected chi connectivity index (χ0v) is 8.77. The summed E-state index contributed by atoms with van der Waals surface area (Å²) in [6.07, 6.45) is 12.9. The number of fused-ring (bicyclic) bond motifs is 3. The lowest BCUT2D eigenvalue weighted by Crippen LogP contribution is -2.05. The van der Waals surface area contributed by atoms with Crippen molar-refractivity contribution >= 4 is 35.1 Å². The van der Waals surface area contributed by atoms with Gasteiger partial charge in [0.2, 0.25) is 0 Å². The molecule has 0 aromatic heterocycles. The molecule has 0 unspecified atom stereocenters. The number of allylic oxidation sites excluding steroid dienone is 2. The Morgan fingerprint density at radius 1 is 0.562 bits per heavy atom. The van der Waals surface area contributed by atoms with Crippen LogP contribution in [-0.4, -0.2) is 0 Å². The molecule has 0 N–H and O–H groups in total. The molecule has 2 aliphatic rings. The fourth-order valence-electron chi connectivity index (χ4n) is 2.51. The summed E-state index contributed by atoms with van der Waals surface area (Å²) in [6, 6.07) is 9.10. The van der Waals surface area contributed by atoms with Gasteiger partial charge in [-0.05, 0) is 56.6 Å². The third-order valence-corrected chi connectivity index (χ3v) is 3.35. The van der Waals surface area contributed by atoms with Crippen LogP contribution in [0.1, 0.15) is 11.1 Å². The van der Waals surface area contributed by atoms with Crippen LogP contribution < -0.4 is 10.4 Å². The predicted octanol–water partition coefficient (Wildman–Crippen LogP) is 2.45. The van der Waals surface area contributed by atoms with Gasteiger partial charge >= 0.3 is 0 Å². The molecule has 0 atom stereocenters. The van der Waals surface area contributed by atoms with Gasteiger partial charge in [-0.1, -0.05) is 36.5 Å². The van der Waals surface area contributed by atoms with E-state index in [1.807, 2.05) is 0 Å². The van der Waals surface area contributed by atoms with Gasteiger partial charge in [-0.25, -0.2) is 0 Å². The fourth-order valence-corrected chi connectivity index (χ4v) is 2.51. The molecule has 0 heterocycles. The van der Waals surface area contributed by atoms with Gasteiger partial charge in [0.15, 0.2) is 0 Å². The van der Waals surface area contributed by atoms with Crippen LogP contribution in [0.25, 0.3) is 35.1 Å². The first-order valence-corrected chi connectivity index (χ1v) is 5.55. The second-order valence-electron chi connectivity index (χ2n) is 4.36. The van der Waals surface area contributed by atoms with E-state index in [0.29, 0.717) is 0 Å². The van der Waals surface area contributed by atoms with Gasteiger partial charge in [-0.15, -0.1) is 0 Å². The molecule has 0 aliphatic heterocycles. The largest absolute Gasteiger partial charge is 0.0610 e. The fraction of sp³-hybridized carbons (Fsp3) is 0. The molecule has 0 saturated heterocycles. The van der Waals surface area contributed by atoms with Crippen molar-refractivity contribution in [2.24, 2.45) is 0 Å². The Bertz CT molecular complexity index is 718. The average Bonchev–Trinajstić information content (AvgIpc) is 2.89. The smallest absolute Gasteiger partial charge is 0.0171 e. The zero-order valence-electron chi connectivity index (χ0n) is 8.77. The van der Waals surface area contributed by atoms with Crippen molar-refractivity contribution in [2.75, 3.05) is 0 Å². The highest BCUT2D eigenvalue weighted by Crippen LogP contribution is 2.17. The number of hydrogen-bond acceptors (Lipinski definition) is 0. The summed E-state index contributed by atoms with van der Waals surface area (Å²) >= 11 is 0. The summed E-state index contributed by atoms with van der Waals surface area (Å²) < 4.78 is 0. The summed E-state index contributed by atoms with van der Waals surface area (Å²) in [5.41, 5.74) is 2.66. The van der Waals surface area contributed by atoms with Gasteiger partial charge in [0.25, 0.3) is 0 Å². The van der Waals surface area contributed by atoms with E-state index in [4.69, 9.17) is 0 Å². The molecule has 74 valence electrons. The minimum absolute atomic E-state index is 1.33. The normalized spacial score (nSPS) is 14.8. The maximum atomic E-state index is 2.27. The van der Waals surface area contributed by atoms with E-state index >= 15 is 0 Å². The van der Waals surface area contributed by atoms with Crippen molar-refractivity contribution in [3.8, 4) is 0 Å². The molecular weight excluding hydrogens is 192 g/mol. The number of rotatable bonds is 0. The Balaban J connectivity index is 2.20. The molecule has 16 heavy (non-hydrogen) atoms. The van der Waals surface area contributed by atoms with Crippen molar-refractivity contribution in [1.82, 2.24) is 0 Å². The maximum absolute atomic E-state index is 2.27. The van der Waals surface area contributed by atoms with Crippen LogP contribution in [0.15, 0.2) is 36.4 Å². The Morgan fingerprint density at radius 3 is 1.56 bits per heavy atom. The molecule has 0 nitrogen and oxygen atoms in total. The van der Waals surface area contributed by atoms with Crippen LogP contribution in [0.5, 0.6) is 0 Å². The van der Waals surface area contributed by atoms with E-state index < -0.39 is 0 Å². The molecule has 0 heteroatoms. The van der Waals surface area contributed by atoms with Gasteiger partial charge in [0.1, 0.15) is 0 Å². The molecule has 0 spiro atoms. The van der Waals surface area contributed by atoms with E-state index in [1.165, 1.54) is 32.3 Å². The van der Waals surface area contributed by atoms with E-state index in [-0.39, 0.29) is 0 Å². The van der Waals surface area contributed by atoms with E-state index in [1.54, 1.807) is 0 Å². The van der Waals surface area contributed by atoms with Crippen molar-refractivity contribution in [3.05, 3.63) is 58.0 Å². The first-order chi connectivity index (χ1) is 7.90. The maximum Gasteiger partial charge on any atom is -0.0171 e. The number of benzene rings is 2. The SMILES string of the molecule is C1=Cc2cc3cc4c(cc3cc2=C1)C=CC=4. The zero-order chi connectivity index (χ0) is 10.5. The van der Waals surface area contributed by atoms with E-state index in [2.05, 4.69) is 60.7 Å². The molecule has 4 rings (SSSR count). The molecule has 0 bridgehead atoms. The lowest BCUT2D eigenvalue weighted by atomic mass is 10.0. The Labute approximate surface area is 93.5 Å². The monoisotopic (exact) mass is 202 g/mol. The van der Waals surface area contributed by atoms with E-state index in [0.717, 1.165) is 0 Å². The van der Waals surface area contributed by atoms with Crippen LogP contribution in [0.4, 0.5) is 0 Å². The molecule has 0 amide bonds. The predicted molar refractivity (Wildman–Crippen MR) is 70.2 cm³/mol. The van der Waals surface area contributed by atoms with Crippen LogP contribution in [0.3, 0.4) is 0 Å². The Morgan fingerprint density at radius 2 is 1.06 bits per heavy atom. The molecule has 0 radical (unpaired) electrons. The standard InChI is InChI=1S/C16H10/c1-3-11-7-15-9-13-5-2-6-14(13)10-16(15)8-12(11)4-1/h1-10H. The second-order valence-corrected chi connectivity index (χ2v) is 4.36. The first-order valence-electron chi connectivity index (χ1n) is 5.55.